The Balaban J connectivity index is 2.59. The van der Waals surface area contributed by atoms with Gasteiger partial charge in [-0.1, -0.05) is 6.92 Å². The molecule has 0 aliphatic carbocycles. The second-order valence-electron chi connectivity index (χ2n) is 3.81. The van der Waals surface area contributed by atoms with Gasteiger partial charge in [-0.15, -0.1) is 0 Å². The lowest BCUT2D eigenvalue weighted by molar-refractivity contribution is -0.147. The SMILES string of the molecule is CCC(C)(CNc1ccncc1)C(=O)O. The van der Waals surface area contributed by atoms with Crippen molar-refractivity contribution >= 4 is 11.7 Å². The van der Waals surface area contributed by atoms with E-state index in [2.05, 4.69) is 10.3 Å². The molecule has 1 aromatic heterocycles. The van der Waals surface area contributed by atoms with Gasteiger partial charge in [0, 0.05) is 24.6 Å². The predicted octanol–water partition coefficient (Wildman–Crippen LogP) is 1.99. The van der Waals surface area contributed by atoms with E-state index in [4.69, 9.17) is 5.11 Å². The third-order valence-electron chi connectivity index (χ3n) is 2.66. The summed E-state index contributed by atoms with van der Waals surface area (Å²) in [6, 6.07) is 3.63. The Morgan fingerprint density at radius 3 is 2.60 bits per heavy atom. The van der Waals surface area contributed by atoms with E-state index in [0.717, 1.165) is 5.69 Å². The van der Waals surface area contributed by atoms with Crippen LogP contribution in [0.3, 0.4) is 0 Å². The van der Waals surface area contributed by atoms with Crippen molar-refractivity contribution in [1.29, 1.82) is 0 Å². The average molecular weight is 208 g/mol. The molecule has 4 nitrogen and oxygen atoms in total. The molecule has 1 unspecified atom stereocenters. The zero-order chi connectivity index (χ0) is 11.3. The first-order chi connectivity index (χ1) is 7.08. The van der Waals surface area contributed by atoms with Crippen LogP contribution >= 0.6 is 0 Å². The van der Waals surface area contributed by atoms with Gasteiger partial charge in [0.05, 0.1) is 5.41 Å². The van der Waals surface area contributed by atoms with Gasteiger partial charge in [0.15, 0.2) is 0 Å². The Hall–Kier alpha value is -1.58. The topological polar surface area (TPSA) is 62.2 Å². The number of anilines is 1. The van der Waals surface area contributed by atoms with Crippen LogP contribution in [0.1, 0.15) is 20.3 Å². The first-order valence-corrected chi connectivity index (χ1v) is 4.96. The van der Waals surface area contributed by atoms with Crippen molar-refractivity contribution in [1.82, 2.24) is 4.98 Å². The lowest BCUT2D eigenvalue weighted by Gasteiger charge is -2.23. The normalized spacial score (nSPS) is 14.3. The van der Waals surface area contributed by atoms with Gasteiger partial charge in [0.25, 0.3) is 0 Å². The van der Waals surface area contributed by atoms with Crippen molar-refractivity contribution in [3.8, 4) is 0 Å². The molecule has 1 heterocycles. The van der Waals surface area contributed by atoms with Crippen LogP contribution in [0.4, 0.5) is 5.69 Å². The standard InChI is InChI=1S/C11H16N2O2/c1-3-11(2,10(14)15)8-13-9-4-6-12-7-5-9/h4-7H,3,8H2,1-2H3,(H,12,13)(H,14,15). The number of rotatable bonds is 5. The van der Waals surface area contributed by atoms with Gasteiger partial charge in [-0.3, -0.25) is 9.78 Å². The molecule has 15 heavy (non-hydrogen) atoms. The lowest BCUT2D eigenvalue weighted by atomic mass is 9.87. The quantitative estimate of drug-likeness (QED) is 0.776. The van der Waals surface area contributed by atoms with Crippen LogP contribution in [0, 0.1) is 5.41 Å². The molecule has 0 spiro atoms. The number of hydrogen-bond acceptors (Lipinski definition) is 3. The number of hydrogen-bond donors (Lipinski definition) is 2. The fraction of sp³-hybridized carbons (Fsp3) is 0.455. The van der Waals surface area contributed by atoms with Crippen LogP contribution in [-0.4, -0.2) is 22.6 Å². The number of aliphatic carboxylic acids is 1. The molecule has 82 valence electrons. The minimum atomic E-state index is -0.772. The zero-order valence-electron chi connectivity index (χ0n) is 9.03. The summed E-state index contributed by atoms with van der Waals surface area (Å²) in [4.78, 5) is 14.9. The molecule has 0 saturated carbocycles. The number of aromatic nitrogens is 1. The van der Waals surface area contributed by atoms with E-state index in [1.54, 1.807) is 19.3 Å². The van der Waals surface area contributed by atoms with Gasteiger partial charge in [-0.05, 0) is 25.5 Å². The van der Waals surface area contributed by atoms with Crippen LogP contribution in [0.2, 0.25) is 0 Å². The third kappa shape index (κ3) is 2.94. The molecule has 0 aliphatic heterocycles. The third-order valence-corrected chi connectivity index (χ3v) is 2.66. The molecule has 0 bridgehead atoms. The number of carboxylic acids is 1. The first-order valence-electron chi connectivity index (χ1n) is 4.96. The highest BCUT2D eigenvalue weighted by molar-refractivity contribution is 5.75. The van der Waals surface area contributed by atoms with Crippen LogP contribution < -0.4 is 5.32 Å². The van der Waals surface area contributed by atoms with Crippen molar-refractivity contribution < 1.29 is 9.90 Å². The molecule has 0 aliphatic rings. The molecule has 2 N–H and O–H groups in total. The highest BCUT2D eigenvalue weighted by Crippen LogP contribution is 2.21. The Labute approximate surface area is 89.3 Å². The second kappa shape index (κ2) is 4.77. The maximum absolute atomic E-state index is 11.0. The van der Waals surface area contributed by atoms with E-state index in [-0.39, 0.29) is 0 Å². The smallest absolute Gasteiger partial charge is 0.311 e. The lowest BCUT2D eigenvalue weighted by Crippen LogP contribution is -2.34. The van der Waals surface area contributed by atoms with Gasteiger partial charge >= 0.3 is 5.97 Å². The molecule has 1 rings (SSSR count). The Kier molecular flexibility index (Phi) is 3.66. The number of carboxylic acid groups (broad SMARTS) is 1. The van der Waals surface area contributed by atoms with Crippen LogP contribution in [0.25, 0.3) is 0 Å². The van der Waals surface area contributed by atoms with Crippen LogP contribution in [-0.2, 0) is 4.79 Å². The van der Waals surface area contributed by atoms with E-state index in [1.807, 2.05) is 19.1 Å². The van der Waals surface area contributed by atoms with Crippen molar-refractivity contribution in [3.05, 3.63) is 24.5 Å². The van der Waals surface area contributed by atoms with Crippen molar-refractivity contribution in [2.45, 2.75) is 20.3 Å². The number of nitrogens with zero attached hydrogens (tertiary/aromatic N) is 1. The number of carbonyl (C=O) groups is 1. The molecule has 0 fully saturated rings. The number of pyridine rings is 1. The van der Waals surface area contributed by atoms with E-state index in [9.17, 15) is 4.79 Å². The largest absolute Gasteiger partial charge is 0.481 e. The summed E-state index contributed by atoms with van der Waals surface area (Å²) >= 11 is 0. The molecular weight excluding hydrogens is 192 g/mol. The summed E-state index contributed by atoms with van der Waals surface area (Å²) in [5.41, 5.74) is 0.175. The minimum absolute atomic E-state index is 0.419. The zero-order valence-corrected chi connectivity index (χ0v) is 9.03. The molecular formula is C11H16N2O2. The predicted molar refractivity (Wildman–Crippen MR) is 58.8 cm³/mol. The maximum Gasteiger partial charge on any atom is 0.311 e. The fourth-order valence-electron chi connectivity index (χ4n) is 1.12. The first kappa shape index (κ1) is 11.5. The molecule has 0 saturated heterocycles. The van der Waals surface area contributed by atoms with E-state index in [0.29, 0.717) is 13.0 Å². The molecule has 1 atom stereocenters. The highest BCUT2D eigenvalue weighted by atomic mass is 16.4. The van der Waals surface area contributed by atoms with E-state index >= 15 is 0 Å². The average Bonchev–Trinajstić information content (AvgIpc) is 2.27. The van der Waals surface area contributed by atoms with E-state index < -0.39 is 11.4 Å². The Morgan fingerprint density at radius 2 is 2.13 bits per heavy atom. The van der Waals surface area contributed by atoms with Crippen LogP contribution in [0.5, 0.6) is 0 Å². The summed E-state index contributed by atoms with van der Waals surface area (Å²) in [5.74, 6) is -0.772. The fourth-order valence-corrected chi connectivity index (χ4v) is 1.12. The maximum atomic E-state index is 11.0. The monoisotopic (exact) mass is 208 g/mol. The van der Waals surface area contributed by atoms with Crippen molar-refractivity contribution in [2.24, 2.45) is 5.41 Å². The highest BCUT2D eigenvalue weighted by Gasteiger charge is 2.30. The Bertz CT molecular complexity index is 327. The summed E-state index contributed by atoms with van der Waals surface area (Å²) in [6.07, 6.45) is 3.94. The summed E-state index contributed by atoms with van der Waals surface area (Å²) in [5, 5.41) is 12.2. The van der Waals surface area contributed by atoms with Crippen molar-refractivity contribution in [2.75, 3.05) is 11.9 Å². The molecule has 4 heteroatoms. The van der Waals surface area contributed by atoms with E-state index in [1.165, 1.54) is 0 Å². The van der Waals surface area contributed by atoms with Gasteiger partial charge in [0.1, 0.15) is 0 Å². The summed E-state index contributed by atoms with van der Waals surface area (Å²) in [7, 11) is 0. The molecule has 0 amide bonds. The molecule has 0 aromatic carbocycles. The van der Waals surface area contributed by atoms with Gasteiger partial charge in [-0.2, -0.15) is 0 Å². The van der Waals surface area contributed by atoms with Gasteiger partial charge < -0.3 is 10.4 Å². The second-order valence-corrected chi connectivity index (χ2v) is 3.81. The minimum Gasteiger partial charge on any atom is -0.481 e. The van der Waals surface area contributed by atoms with Crippen molar-refractivity contribution in [3.63, 3.8) is 0 Å². The van der Waals surface area contributed by atoms with Gasteiger partial charge in [0.2, 0.25) is 0 Å². The Morgan fingerprint density at radius 1 is 1.53 bits per heavy atom. The summed E-state index contributed by atoms with van der Waals surface area (Å²) < 4.78 is 0. The molecule has 1 aromatic rings. The van der Waals surface area contributed by atoms with Gasteiger partial charge in [-0.25, -0.2) is 0 Å². The summed E-state index contributed by atoms with van der Waals surface area (Å²) in [6.45, 7) is 4.04. The molecule has 0 radical (unpaired) electrons. The number of nitrogens with one attached hydrogen (secondary N) is 1. The van der Waals surface area contributed by atoms with Crippen LogP contribution in [0.15, 0.2) is 24.5 Å².